The van der Waals surface area contributed by atoms with E-state index in [-0.39, 0.29) is 36.0 Å². The lowest BCUT2D eigenvalue weighted by atomic mass is 10.1. The van der Waals surface area contributed by atoms with E-state index < -0.39 is 50.9 Å². The van der Waals surface area contributed by atoms with Crippen molar-refractivity contribution in [2.75, 3.05) is 40.0 Å². The lowest BCUT2D eigenvalue weighted by Crippen LogP contribution is -2.49. The Kier molecular flexibility index (Phi) is 4.21. The van der Waals surface area contributed by atoms with Crippen LogP contribution in [0.3, 0.4) is 0 Å². The van der Waals surface area contributed by atoms with Crippen LogP contribution in [0.15, 0.2) is 6.08 Å². The average molecular weight is 426 g/mol. The number of hydrogen-bond acceptors (Lipinski definition) is 7. The number of ether oxygens (including phenoxy) is 3. The first kappa shape index (κ1) is 10.4. The maximum absolute atomic E-state index is 11.9. The highest BCUT2D eigenvalue weighted by Crippen LogP contribution is 2.30. The Balaban J connectivity index is 2.29. The summed E-state index contributed by atoms with van der Waals surface area (Å²) in [4.78, 5) is 11.9. The summed E-state index contributed by atoms with van der Waals surface area (Å²) >= 11 is 0.590. The molecule has 2 rings (SSSR count). The Morgan fingerprint density at radius 1 is 1.36 bits per heavy atom. The lowest BCUT2D eigenvalue weighted by Gasteiger charge is -2.36. The molecule has 1 aromatic heterocycles. The van der Waals surface area contributed by atoms with E-state index in [4.69, 9.17) is 32.0 Å². The molecule has 0 aromatic carbocycles. The van der Waals surface area contributed by atoms with Gasteiger partial charge in [-0.1, -0.05) is 45.9 Å². The minimum atomic E-state index is -4.06. The number of hydrogen-bond donors (Lipinski definition) is 0. The van der Waals surface area contributed by atoms with Crippen molar-refractivity contribution in [1.82, 2.24) is 8.75 Å². The molecule has 0 saturated heterocycles. The molecule has 0 spiro atoms. The third kappa shape index (κ3) is 7.39. The average Bonchev–Trinajstić information content (AvgIpc) is 3.27. The molecular weight excluding hydrogens is 378 g/mol. The molecule has 0 saturated carbocycles. The minimum Gasteiger partial charge on any atom is -0.475 e. The smallest absolute Gasteiger partial charge is 0.475 e. The molecule has 28 heavy (non-hydrogen) atoms. The van der Waals surface area contributed by atoms with Crippen LogP contribution in [0.5, 0.6) is 5.88 Å². The van der Waals surface area contributed by atoms with Gasteiger partial charge in [0, 0.05) is 27.1 Å². The normalized spacial score (nSPS) is 29.3. The van der Waals surface area contributed by atoms with Gasteiger partial charge in [0.15, 0.2) is 0 Å². The van der Waals surface area contributed by atoms with E-state index in [0.717, 1.165) is 0 Å². The highest BCUT2D eigenvalue weighted by molar-refractivity contribution is 6.99. The Morgan fingerprint density at radius 3 is 3.00 bits per heavy atom. The zero-order valence-corrected chi connectivity index (χ0v) is 16.9. The first-order valence-corrected chi connectivity index (χ1v) is 9.40. The largest absolute Gasteiger partial charge is 0.512 e. The summed E-state index contributed by atoms with van der Waals surface area (Å²) in [6.45, 7) is -2.75. The molecule has 2 heterocycles. The van der Waals surface area contributed by atoms with Crippen molar-refractivity contribution >= 4 is 23.5 Å². The third-order valence-electron chi connectivity index (χ3n) is 3.79. The Hall–Kier alpha value is -1.67. The topological polar surface area (TPSA) is 70.5 Å². The van der Waals surface area contributed by atoms with Gasteiger partial charge in [-0.25, -0.2) is 4.79 Å². The molecule has 1 aliphatic heterocycles. The van der Waals surface area contributed by atoms with Crippen molar-refractivity contribution in [1.29, 1.82) is 0 Å². The molecule has 0 N–H and O–H groups in total. The fourth-order valence-corrected chi connectivity index (χ4v) is 2.99. The summed E-state index contributed by atoms with van der Waals surface area (Å²) in [6.07, 6.45) is -14.6. The number of quaternary nitrogens is 1. The zero-order chi connectivity index (χ0) is 31.9. The van der Waals surface area contributed by atoms with Gasteiger partial charge in [0.2, 0.25) is 6.73 Å². The lowest BCUT2D eigenvalue weighted by molar-refractivity contribution is -0.919. The van der Waals surface area contributed by atoms with Crippen LogP contribution in [0, 0.1) is 5.92 Å². The Bertz CT molecular complexity index is 1120. The van der Waals surface area contributed by atoms with Crippen LogP contribution < -0.4 is 4.74 Å². The third-order valence-corrected chi connectivity index (χ3v) is 4.30. The number of aromatic nitrogens is 2. The highest BCUT2D eigenvalue weighted by atomic mass is 32.1. The van der Waals surface area contributed by atoms with Crippen molar-refractivity contribution in [2.45, 2.75) is 52.6 Å². The Morgan fingerprint density at radius 2 is 2.21 bits per heavy atom. The van der Waals surface area contributed by atoms with Crippen LogP contribution in [0.1, 0.15) is 76.1 Å². The molecule has 1 aliphatic rings. The molecule has 1 unspecified atom stereocenters. The van der Waals surface area contributed by atoms with Crippen molar-refractivity contribution < 1.29 is 41.3 Å². The quantitative estimate of drug-likeness (QED) is 0.384. The molecule has 0 aliphatic carbocycles. The molecule has 0 amide bonds. The second-order valence-electron chi connectivity index (χ2n) is 6.87. The highest BCUT2D eigenvalue weighted by Gasteiger charge is 2.31. The maximum atomic E-state index is 11.9. The van der Waals surface area contributed by atoms with Gasteiger partial charge in [0.1, 0.15) is 12.2 Å². The molecule has 7 nitrogen and oxygen atoms in total. The summed E-state index contributed by atoms with van der Waals surface area (Å²) in [5.74, 6) is -0.409. The second kappa shape index (κ2) is 11.4. The number of carbonyl (C=O) groups is 1. The first-order valence-electron chi connectivity index (χ1n) is 15.2. The van der Waals surface area contributed by atoms with Crippen molar-refractivity contribution in [3.05, 3.63) is 11.8 Å². The van der Waals surface area contributed by atoms with Gasteiger partial charge in [0.25, 0.3) is 5.88 Å². The van der Waals surface area contributed by atoms with Gasteiger partial charge in [-0.3, -0.25) is 4.48 Å². The van der Waals surface area contributed by atoms with Crippen LogP contribution in [0.4, 0.5) is 4.79 Å². The predicted molar refractivity (Wildman–Crippen MR) is 110 cm³/mol. The van der Waals surface area contributed by atoms with E-state index in [0.29, 0.717) is 30.3 Å². The van der Waals surface area contributed by atoms with E-state index in [1.54, 1.807) is 13.1 Å². The summed E-state index contributed by atoms with van der Waals surface area (Å²) in [5.41, 5.74) is 0.484. The molecule has 1 aromatic rings. The molecule has 158 valence electrons. The number of likely N-dealkylation sites (N-methyl/N-ethyl adjacent to an activating group) is 1. The molecule has 8 heteroatoms. The van der Waals surface area contributed by atoms with Gasteiger partial charge >= 0.3 is 6.16 Å². The molecule has 0 fully saturated rings. The molecule has 0 bridgehead atoms. The van der Waals surface area contributed by atoms with Crippen LogP contribution in [-0.2, 0) is 9.47 Å². The summed E-state index contributed by atoms with van der Waals surface area (Å²) in [5, 5.41) is 0. The molecule has 0 radical (unpaired) electrons. The standard InChI is InChI=1S/C20H34N3O4S/c1-5-6-7-8-12-25-19-18(21-28-22-19)17-10-9-11-23(4,13-17)15-27-20(24)26-14-16(2)3/h10,16H,5-9,11-15H2,1-4H3/q+1/i1D3,5D2,6D2,7D2,8D2,12D2. The van der Waals surface area contributed by atoms with Crippen LogP contribution >= 0.6 is 11.7 Å². The van der Waals surface area contributed by atoms with Crippen molar-refractivity contribution in [2.24, 2.45) is 5.92 Å². The van der Waals surface area contributed by atoms with Crippen LogP contribution in [0.2, 0.25) is 0 Å². The van der Waals surface area contributed by atoms with Gasteiger partial charge in [0.05, 0.1) is 41.2 Å². The maximum Gasteiger partial charge on any atom is 0.512 e. The minimum absolute atomic E-state index is 0.00232. The van der Waals surface area contributed by atoms with Crippen LogP contribution in [0.25, 0.3) is 5.57 Å². The first-order chi connectivity index (χ1) is 18.3. The summed E-state index contributed by atoms with van der Waals surface area (Å²) in [7, 11) is 1.79. The fourth-order valence-electron chi connectivity index (χ4n) is 2.48. The van der Waals surface area contributed by atoms with Crippen molar-refractivity contribution in [3.63, 3.8) is 0 Å². The van der Waals surface area contributed by atoms with Crippen molar-refractivity contribution in [3.8, 4) is 5.88 Å². The van der Waals surface area contributed by atoms with E-state index in [1.165, 1.54) is 0 Å². The summed E-state index contributed by atoms with van der Waals surface area (Å²) in [6, 6.07) is 0. The van der Waals surface area contributed by atoms with Gasteiger partial charge in [-0.15, -0.1) is 4.37 Å². The van der Waals surface area contributed by atoms with Gasteiger partial charge in [-0.2, -0.15) is 4.37 Å². The Labute approximate surface area is 190 Å². The second-order valence-corrected chi connectivity index (χ2v) is 7.40. The monoisotopic (exact) mass is 425 g/mol. The predicted octanol–water partition coefficient (Wildman–Crippen LogP) is 4.50. The summed E-state index contributed by atoms with van der Waals surface area (Å²) < 4.78 is 126. The van der Waals surface area contributed by atoms with E-state index in [2.05, 4.69) is 8.75 Å². The SMILES string of the molecule is [2H]C([2H])([2H])C([2H])([2H])C([2H])([2H])C([2H])([2H])C([2H])([2H])C([2H])([2H])Oc1nsnc1C1=CCC[N+](C)(COC(=O)OCC(C)C)C1. The van der Waals surface area contributed by atoms with E-state index in [9.17, 15) is 4.79 Å². The van der Waals surface area contributed by atoms with Gasteiger partial charge in [-0.05, 0) is 12.3 Å². The van der Waals surface area contributed by atoms with E-state index in [1.807, 2.05) is 13.8 Å². The number of nitrogens with zero attached hydrogens (tertiary/aromatic N) is 3. The van der Waals surface area contributed by atoms with Crippen LogP contribution in [-0.4, -0.2) is 59.4 Å². The fraction of sp³-hybridized carbons (Fsp3) is 0.750. The van der Waals surface area contributed by atoms with E-state index >= 15 is 0 Å². The molecule has 1 atom stereocenters. The molecular formula is C20H34N3O4S+. The number of rotatable bonds is 11. The number of carbonyl (C=O) groups excluding carboxylic acids is 1. The zero-order valence-electron chi connectivity index (χ0n) is 29.1. The van der Waals surface area contributed by atoms with Gasteiger partial charge < -0.3 is 14.2 Å².